The highest BCUT2D eigenvalue weighted by Gasteiger charge is 2.27. The van der Waals surface area contributed by atoms with Gasteiger partial charge in [0.15, 0.2) is 5.76 Å². The first kappa shape index (κ1) is 17.5. The Bertz CT molecular complexity index is 528. The molecule has 1 aliphatic rings. The molecule has 0 unspecified atom stereocenters. The summed E-state index contributed by atoms with van der Waals surface area (Å²) in [6.07, 6.45) is 7.88. The van der Waals surface area contributed by atoms with Crippen LogP contribution >= 0.6 is 0 Å². The summed E-state index contributed by atoms with van der Waals surface area (Å²) in [7, 11) is 0. The standard InChI is InChI=1S/C17H27N3O3/c1-4-8-14(13-9-6-5-7-10-13)18-16(21)17(22)19-15-11(2)20-23-12(15)3/h13-14H,4-10H2,1-3H3,(H,18,21)(H,19,22)/t14-/m1/s1. The highest BCUT2D eigenvalue weighted by Crippen LogP contribution is 2.28. The Hall–Kier alpha value is -1.85. The molecular weight excluding hydrogens is 294 g/mol. The lowest BCUT2D eigenvalue weighted by Crippen LogP contribution is -2.45. The molecular formula is C17H27N3O3. The first-order valence-corrected chi connectivity index (χ1v) is 8.57. The van der Waals surface area contributed by atoms with E-state index in [1.165, 1.54) is 19.3 Å². The molecule has 23 heavy (non-hydrogen) atoms. The number of carbonyl (C=O) groups is 2. The smallest absolute Gasteiger partial charge is 0.313 e. The van der Waals surface area contributed by atoms with E-state index in [2.05, 4.69) is 22.7 Å². The van der Waals surface area contributed by atoms with Crippen molar-refractivity contribution in [2.75, 3.05) is 5.32 Å². The zero-order valence-electron chi connectivity index (χ0n) is 14.3. The predicted octanol–water partition coefficient (Wildman–Crippen LogP) is 3.10. The summed E-state index contributed by atoms with van der Waals surface area (Å²) in [6.45, 7) is 5.54. The van der Waals surface area contributed by atoms with Gasteiger partial charge in [0.2, 0.25) is 0 Å². The van der Waals surface area contributed by atoms with Crippen LogP contribution in [0.2, 0.25) is 0 Å². The van der Waals surface area contributed by atoms with Crippen molar-refractivity contribution in [2.24, 2.45) is 5.92 Å². The van der Waals surface area contributed by atoms with E-state index >= 15 is 0 Å². The molecule has 1 aliphatic carbocycles. The second kappa shape index (κ2) is 8.13. The second-order valence-electron chi connectivity index (χ2n) is 6.42. The first-order chi connectivity index (χ1) is 11.0. The van der Waals surface area contributed by atoms with E-state index in [1.54, 1.807) is 13.8 Å². The topological polar surface area (TPSA) is 84.2 Å². The van der Waals surface area contributed by atoms with E-state index in [0.29, 0.717) is 23.1 Å². The van der Waals surface area contributed by atoms with Crippen molar-refractivity contribution < 1.29 is 14.1 Å². The molecule has 0 saturated heterocycles. The molecule has 1 fully saturated rings. The third-order valence-corrected chi connectivity index (χ3v) is 4.61. The van der Waals surface area contributed by atoms with Gasteiger partial charge < -0.3 is 15.2 Å². The van der Waals surface area contributed by atoms with Gasteiger partial charge in [-0.15, -0.1) is 0 Å². The number of anilines is 1. The van der Waals surface area contributed by atoms with Gasteiger partial charge in [-0.2, -0.15) is 0 Å². The molecule has 2 N–H and O–H groups in total. The van der Waals surface area contributed by atoms with E-state index in [-0.39, 0.29) is 6.04 Å². The number of carbonyl (C=O) groups excluding carboxylic acids is 2. The number of aromatic nitrogens is 1. The van der Waals surface area contributed by atoms with Gasteiger partial charge in [0, 0.05) is 6.04 Å². The monoisotopic (exact) mass is 321 g/mol. The third kappa shape index (κ3) is 4.56. The minimum absolute atomic E-state index is 0.0863. The Balaban J connectivity index is 1.96. The van der Waals surface area contributed by atoms with Crippen molar-refractivity contribution in [1.29, 1.82) is 0 Å². The number of nitrogens with zero attached hydrogens (tertiary/aromatic N) is 1. The van der Waals surface area contributed by atoms with Crippen LogP contribution in [0.3, 0.4) is 0 Å². The zero-order chi connectivity index (χ0) is 16.8. The Morgan fingerprint density at radius 3 is 2.48 bits per heavy atom. The average Bonchev–Trinajstić information content (AvgIpc) is 2.87. The average molecular weight is 321 g/mol. The fourth-order valence-electron chi connectivity index (χ4n) is 3.34. The summed E-state index contributed by atoms with van der Waals surface area (Å²) < 4.78 is 4.99. The molecule has 0 bridgehead atoms. The van der Waals surface area contributed by atoms with Crippen LogP contribution < -0.4 is 10.6 Å². The Labute approximate surface area is 137 Å². The minimum Gasteiger partial charge on any atom is -0.359 e. The molecule has 128 valence electrons. The second-order valence-corrected chi connectivity index (χ2v) is 6.42. The van der Waals surface area contributed by atoms with Crippen LogP contribution in [0.4, 0.5) is 5.69 Å². The molecule has 6 nitrogen and oxygen atoms in total. The lowest BCUT2D eigenvalue weighted by atomic mass is 9.82. The molecule has 0 aliphatic heterocycles. The van der Waals surface area contributed by atoms with Gasteiger partial charge in [-0.25, -0.2) is 0 Å². The highest BCUT2D eigenvalue weighted by atomic mass is 16.5. The molecule has 0 radical (unpaired) electrons. The van der Waals surface area contributed by atoms with Crippen molar-refractivity contribution in [3.05, 3.63) is 11.5 Å². The Morgan fingerprint density at radius 2 is 1.91 bits per heavy atom. The predicted molar refractivity (Wildman–Crippen MR) is 88.0 cm³/mol. The number of rotatable bonds is 5. The number of aryl methyl sites for hydroxylation is 2. The Morgan fingerprint density at radius 1 is 1.22 bits per heavy atom. The maximum atomic E-state index is 12.2. The summed E-state index contributed by atoms with van der Waals surface area (Å²) in [5, 5.41) is 9.31. The fourth-order valence-corrected chi connectivity index (χ4v) is 3.34. The van der Waals surface area contributed by atoms with Crippen molar-refractivity contribution in [1.82, 2.24) is 10.5 Å². The lowest BCUT2D eigenvalue weighted by Gasteiger charge is -2.30. The Kier molecular flexibility index (Phi) is 6.19. The van der Waals surface area contributed by atoms with Crippen molar-refractivity contribution in [3.8, 4) is 0 Å². The van der Waals surface area contributed by atoms with E-state index in [1.807, 2.05) is 0 Å². The van der Waals surface area contributed by atoms with Crippen LogP contribution in [0, 0.1) is 19.8 Å². The van der Waals surface area contributed by atoms with Crippen LogP contribution in [-0.4, -0.2) is 23.0 Å². The molecule has 1 saturated carbocycles. The van der Waals surface area contributed by atoms with Crippen LogP contribution in [-0.2, 0) is 9.59 Å². The molecule has 6 heteroatoms. The van der Waals surface area contributed by atoms with Gasteiger partial charge in [-0.1, -0.05) is 37.8 Å². The zero-order valence-corrected chi connectivity index (χ0v) is 14.3. The molecule has 0 spiro atoms. The van der Waals surface area contributed by atoms with Gasteiger partial charge in [-0.3, -0.25) is 9.59 Å². The van der Waals surface area contributed by atoms with Gasteiger partial charge in [-0.05, 0) is 39.0 Å². The number of nitrogens with one attached hydrogen (secondary N) is 2. The fraction of sp³-hybridized carbons (Fsp3) is 0.706. The molecule has 1 aromatic rings. The molecule has 1 atom stereocenters. The minimum atomic E-state index is -0.656. The van der Waals surface area contributed by atoms with Gasteiger partial charge >= 0.3 is 11.8 Å². The van der Waals surface area contributed by atoms with Crippen molar-refractivity contribution >= 4 is 17.5 Å². The number of hydrogen-bond donors (Lipinski definition) is 2. The van der Waals surface area contributed by atoms with E-state index in [0.717, 1.165) is 25.7 Å². The largest absolute Gasteiger partial charge is 0.359 e. The van der Waals surface area contributed by atoms with Crippen molar-refractivity contribution in [2.45, 2.75) is 71.8 Å². The summed E-state index contributed by atoms with van der Waals surface area (Å²) in [5.74, 6) is -0.245. The van der Waals surface area contributed by atoms with Gasteiger partial charge in [0.25, 0.3) is 0 Å². The summed E-state index contributed by atoms with van der Waals surface area (Å²) >= 11 is 0. The lowest BCUT2D eigenvalue weighted by molar-refractivity contribution is -0.137. The molecule has 2 rings (SSSR count). The highest BCUT2D eigenvalue weighted by molar-refractivity contribution is 6.39. The van der Waals surface area contributed by atoms with Crippen LogP contribution in [0.15, 0.2) is 4.52 Å². The van der Waals surface area contributed by atoms with Crippen molar-refractivity contribution in [3.63, 3.8) is 0 Å². The number of hydrogen-bond acceptors (Lipinski definition) is 4. The van der Waals surface area contributed by atoms with E-state index in [4.69, 9.17) is 4.52 Å². The maximum absolute atomic E-state index is 12.2. The van der Waals surface area contributed by atoms with Crippen LogP contribution in [0.1, 0.15) is 63.3 Å². The van der Waals surface area contributed by atoms with Crippen LogP contribution in [0.25, 0.3) is 0 Å². The molecule has 1 aromatic heterocycles. The summed E-state index contributed by atoms with van der Waals surface area (Å²) in [4.78, 5) is 24.4. The summed E-state index contributed by atoms with van der Waals surface area (Å²) in [5.41, 5.74) is 1.05. The van der Waals surface area contributed by atoms with Crippen LogP contribution in [0.5, 0.6) is 0 Å². The maximum Gasteiger partial charge on any atom is 0.313 e. The quantitative estimate of drug-likeness (QED) is 0.816. The molecule has 1 heterocycles. The van der Waals surface area contributed by atoms with E-state index < -0.39 is 11.8 Å². The van der Waals surface area contributed by atoms with Gasteiger partial charge in [0.1, 0.15) is 11.4 Å². The normalized spacial score (nSPS) is 16.8. The van der Waals surface area contributed by atoms with Gasteiger partial charge in [0.05, 0.1) is 0 Å². The third-order valence-electron chi connectivity index (χ3n) is 4.61. The first-order valence-electron chi connectivity index (χ1n) is 8.57. The molecule has 0 aromatic carbocycles. The van der Waals surface area contributed by atoms with E-state index in [9.17, 15) is 9.59 Å². The number of amides is 2. The molecule has 2 amide bonds. The SMILES string of the molecule is CCC[C@@H](NC(=O)C(=O)Nc1c(C)noc1C)C1CCCCC1. The summed E-state index contributed by atoms with van der Waals surface area (Å²) in [6, 6.07) is 0.0863.